The fraction of sp³-hybridized carbons (Fsp3) is 0.200. The molecule has 0 aliphatic carbocycles. The normalized spacial score (nSPS) is 17.4. The van der Waals surface area contributed by atoms with Crippen LogP contribution in [0.5, 0.6) is 0 Å². The van der Waals surface area contributed by atoms with E-state index in [-0.39, 0.29) is 30.5 Å². The second-order valence-electron chi connectivity index (χ2n) is 8.98. The van der Waals surface area contributed by atoms with E-state index in [9.17, 15) is 19.2 Å². The fourth-order valence-electron chi connectivity index (χ4n) is 4.73. The standard InChI is InChI=1S/C25H21N7O4/c1-13-10-26-19-5-2-15(9-18(13)19)27-23(34)20-12-32(30-29-20)16-3-4-17-14(8-16)11-31(25(17)36)21-6-7-22(33)28-24(21)35/h2-5,8-10,12,21,26H,6-7,11H2,1H3,(H,27,34)(H,28,33,35). The average molecular weight is 483 g/mol. The Labute approximate surface area is 204 Å². The highest BCUT2D eigenvalue weighted by Crippen LogP contribution is 2.29. The first kappa shape index (κ1) is 21.7. The molecule has 1 fully saturated rings. The molecule has 1 saturated heterocycles. The zero-order valence-corrected chi connectivity index (χ0v) is 19.2. The third-order valence-corrected chi connectivity index (χ3v) is 6.64. The summed E-state index contributed by atoms with van der Waals surface area (Å²) in [5, 5.41) is 14.3. The number of aromatic nitrogens is 4. The molecule has 4 amide bonds. The Kier molecular flexibility index (Phi) is 4.92. The van der Waals surface area contributed by atoms with Crippen molar-refractivity contribution in [2.24, 2.45) is 0 Å². The number of anilines is 1. The number of H-pyrrole nitrogens is 1. The quantitative estimate of drug-likeness (QED) is 0.380. The van der Waals surface area contributed by atoms with Crippen LogP contribution in [0.25, 0.3) is 16.6 Å². The second kappa shape index (κ2) is 8.15. The van der Waals surface area contributed by atoms with Gasteiger partial charge in [-0.05, 0) is 60.9 Å². The topological polar surface area (TPSA) is 142 Å². The Hall–Kier alpha value is -4.80. The molecule has 2 aliphatic heterocycles. The third kappa shape index (κ3) is 3.61. The van der Waals surface area contributed by atoms with Crippen LogP contribution in [-0.2, 0) is 16.1 Å². The zero-order chi connectivity index (χ0) is 25.0. The lowest BCUT2D eigenvalue weighted by Gasteiger charge is -2.29. The van der Waals surface area contributed by atoms with Crippen LogP contribution >= 0.6 is 0 Å². The van der Waals surface area contributed by atoms with Gasteiger partial charge in [0.25, 0.3) is 11.8 Å². The summed E-state index contributed by atoms with van der Waals surface area (Å²) in [4.78, 5) is 54.0. The van der Waals surface area contributed by atoms with Gasteiger partial charge in [-0.15, -0.1) is 5.10 Å². The monoisotopic (exact) mass is 483 g/mol. The van der Waals surface area contributed by atoms with Crippen molar-refractivity contribution >= 4 is 40.2 Å². The molecule has 0 saturated carbocycles. The number of aryl methyl sites for hydroxylation is 1. The van der Waals surface area contributed by atoms with Crippen molar-refractivity contribution in [2.75, 3.05) is 5.32 Å². The van der Waals surface area contributed by atoms with Crippen molar-refractivity contribution in [3.05, 3.63) is 71.2 Å². The van der Waals surface area contributed by atoms with Gasteiger partial charge in [0, 0.05) is 41.3 Å². The molecule has 6 rings (SSSR count). The summed E-state index contributed by atoms with van der Waals surface area (Å²) in [5.41, 5.74) is 4.72. The maximum Gasteiger partial charge on any atom is 0.277 e. The van der Waals surface area contributed by atoms with Crippen molar-refractivity contribution in [2.45, 2.75) is 32.4 Å². The van der Waals surface area contributed by atoms with Crippen molar-refractivity contribution < 1.29 is 19.2 Å². The summed E-state index contributed by atoms with van der Waals surface area (Å²) in [6.07, 6.45) is 3.93. The largest absolute Gasteiger partial charge is 0.361 e. The van der Waals surface area contributed by atoms with Crippen LogP contribution in [0.4, 0.5) is 5.69 Å². The SMILES string of the molecule is Cc1c[nH]c2ccc(NC(=O)c3cn(-c4ccc5c(c4)CN(C4CCC(=O)NC4=O)C5=O)nn3)cc12. The van der Waals surface area contributed by atoms with Gasteiger partial charge in [0.05, 0.1) is 11.9 Å². The van der Waals surface area contributed by atoms with Gasteiger partial charge in [-0.25, -0.2) is 4.68 Å². The summed E-state index contributed by atoms with van der Waals surface area (Å²) in [6, 6.07) is 10.1. The minimum Gasteiger partial charge on any atom is -0.361 e. The van der Waals surface area contributed by atoms with E-state index in [2.05, 4.69) is 25.9 Å². The number of nitrogens with one attached hydrogen (secondary N) is 3. The van der Waals surface area contributed by atoms with Crippen LogP contribution in [0.15, 0.2) is 48.8 Å². The number of piperidine rings is 1. The van der Waals surface area contributed by atoms with E-state index >= 15 is 0 Å². The van der Waals surface area contributed by atoms with Crippen LogP contribution in [0.1, 0.15) is 44.8 Å². The molecule has 36 heavy (non-hydrogen) atoms. The molecule has 2 aliphatic rings. The number of carbonyl (C=O) groups is 4. The van der Waals surface area contributed by atoms with Crippen molar-refractivity contribution in [1.82, 2.24) is 30.2 Å². The molecule has 11 heteroatoms. The minimum atomic E-state index is -0.679. The van der Waals surface area contributed by atoms with Gasteiger partial charge in [-0.2, -0.15) is 0 Å². The molecule has 11 nitrogen and oxygen atoms in total. The number of carbonyl (C=O) groups excluding carboxylic acids is 4. The molecular weight excluding hydrogens is 462 g/mol. The molecule has 1 unspecified atom stereocenters. The summed E-state index contributed by atoms with van der Waals surface area (Å²) in [6.45, 7) is 2.24. The van der Waals surface area contributed by atoms with E-state index in [1.54, 1.807) is 18.2 Å². The fourth-order valence-corrected chi connectivity index (χ4v) is 4.73. The summed E-state index contributed by atoms with van der Waals surface area (Å²) < 4.78 is 1.47. The molecule has 180 valence electrons. The third-order valence-electron chi connectivity index (χ3n) is 6.64. The first-order valence-electron chi connectivity index (χ1n) is 11.5. The lowest BCUT2D eigenvalue weighted by molar-refractivity contribution is -0.136. The molecule has 3 N–H and O–H groups in total. The zero-order valence-electron chi connectivity index (χ0n) is 19.2. The maximum atomic E-state index is 12.9. The van der Waals surface area contributed by atoms with Crippen LogP contribution in [-0.4, -0.2) is 54.5 Å². The lowest BCUT2D eigenvalue weighted by Crippen LogP contribution is -2.52. The first-order chi connectivity index (χ1) is 17.4. The first-order valence-corrected chi connectivity index (χ1v) is 11.5. The molecular formula is C25H21N7O4. The highest BCUT2D eigenvalue weighted by atomic mass is 16.2. The maximum absolute atomic E-state index is 12.9. The van der Waals surface area contributed by atoms with Crippen molar-refractivity contribution in [3.8, 4) is 5.69 Å². The Morgan fingerprint density at radius 1 is 1.14 bits per heavy atom. The van der Waals surface area contributed by atoms with Gasteiger partial charge >= 0.3 is 0 Å². The van der Waals surface area contributed by atoms with Crippen molar-refractivity contribution in [3.63, 3.8) is 0 Å². The minimum absolute atomic E-state index is 0.141. The van der Waals surface area contributed by atoms with Gasteiger partial charge < -0.3 is 15.2 Å². The Morgan fingerprint density at radius 3 is 2.83 bits per heavy atom. The van der Waals surface area contributed by atoms with Crippen LogP contribution in [0, 0.1) is 6.92 Å². The van der Waals surface area contributed by atoms with E-state index in [0.29, 0.717) is 23.4 Å². The predicted molar refractivity (Wildman–Crippen MR) is 128 cm³/mol. The number of amides is 4. The number of imide groups is 1. The van der Waals surface area contributed by atoms with E-state index in [1.807, 2.05) is 31.3 Å². The molecule has 0 spiro atoms. The lowest BCUT2D eigenvalue weighted by atomic mass is 10.0. The molecule has 4 aromatic rings. The number of hydrogen-bond acceptors (Lipinski definition) is 6. The molecule has 2 aromatic carbocycles. The Morgan fingerprint density at radius 2 is 2.00 bits per heavy atom. The van der Waals surface area contributed by atoms with Gasteiger partial charge in [-0.1, -0.05) is 5.21 Å². The number of benzene rings is 2. The Bertz CT molecular complexity index is 1580. The number of nitrogens with zero attached hydrogens (tertiary/aromatic N) is 4. The number of aromatic amines is 1. The van der Waals surface area contributed by atoms with Gasteiger partial charge in [0.1, 0.15) is 6.04 Å². The Balaban J connectivity index is 1.19. The highest BCUT2D eigenvalue weighted by Gasteiger charge is 2.39. The smallest absolute Gasteiger partial charge is 0.277 e. The average Bonchev–Trinajstić information content (AvgIpc) is 3.57. The van der Waals surface area contributed by atoms with Gasteiger partial charge in [0.2, 0.25) is 11.8 Å². The van der Waals surface area contributed by atoms with Crippen molar-refractivity contribution in [1.29, 1.82) is 0 Å². The number of fused-ring (bicyclic) bond motifs is 2. The molecule has 4 heterocycles. The van der Waals surface area contributed by atoms with E-state index < -0.39 is 17.9 Å². The van der Waals surface area contributed by atoms with Crippen LogP contribution in [0.2, 0.25) is 0 Å². The molecule has 0 radical (unpaired) electrons. The van der Waals surface area contributed by atoms with E-state index in [0.717, 1.165) is 22.0 Å². The van der Waals surface area contributed by atoms with E-state index in [4.69, 9.17) is 0 Å². The van der Waals surface area contributed by atoms with E-state index in [1.165, 1.54) is 15.8 Å². The van der Waals surface area contributed by atoms with Gasteiger partial charge in [0.15, 0.2) is 5.69 Å². The molecule has 0 bridgehead atoms. The van der Waals surface area contributed by atoms with Crippen LogP contribution < -0.4 is 10.6 Å². The summed E-state index contributed by atoms with van der Waals surface area (Å²) >= 11 is 0. The number of rotatable bonds is 4. The summed E-state index contributed by atoms with van der Waals surface area (Å²) in [5.74, 6) is -1.42. The molecule has 1 atom stereocenters. The molecule has 2 aromatic heterocycles. The highest BCUT2D eigenvalue weighted by molar-refractivity contribution is 6.06. The second-order valence-corrected chi connectivity index (χ2v) is 8.98. The van der Waals surface area contributed by atoms with Crippen LogP contribution in [0.3, 0.4) is 0 Å². The van der Waals surface area contributed by atoms with Gasteiger partial charge in [-0.3, -0.25) is 24.5 Å². The number of hydrogen-bond donors (Lipinski definition) is 3. The summed E-state index contributed by atoms with van der Waals surface area (Å²) in [7, 11) is 0. The predicted octanol–water partition coefficient (Wildman–Crippen LogP) is 2.07.